The summed E-state index contributed by atoms with van der Waals surface area (Å²) in [7, 11) is 1.48. The summed E-state index contributed by atoms with van der Waals surface area (Å²) in [6.45, 7) is 0. The van der Waals surface area contributed by atoms with Crippen LogP contribution < -0.4 is 16.0 Å². The number of alkyl halides is 3. The highest BCUT2D eigenvalue weighted by Gasteiger charge is 2.30. The van der Waals surface area contributed by atoms with Crippen LogP contribution in [0.2, 0.25) is 0 Å². The number of rotatable bonds is 4. The Bertz CT molecular complexity index is 758. The molecule has 0 aromatic heterocycles. The van der Waals surface area contributed by atoms with Gasteiger partial charge in [0.15, 0.2) is 0 Å². The fourth-order valence-electron chi connectivity index (χ4n) is 2.08. The van der Waals surface area contributed by atoms with Gasteiger partial charge < -0.3 is 16.0 Å². The van der Waals surface area contributed by atoms with E-state index >= 15 is 0 Å². The maximum atomic E-state index is 12.7. The van der Waals surface area contributed by atoms with Gasteiger partial charge >= 0.3 is 12.2 Å². The second kappa shape index (κ2) is 7.69. The number of nitrogens with one attached hydrogen (secondary N) is 3. The Kier molecular flexibility index (Phi) is 5.63. The minimum absolute atomic E-state index is 0.178. The predicted molar refractivity (Wildman–Crippen MR) is 88.3 cm³/mol. The van der Waals surface area contributed by atoms with Gasteiger partial charge in [0.25, 0.3) is 0 Å². The molecule has 3 N–H and O–H groups in total. The minimum Gasteiger partial charge on any atom is -0.341 e. The van der Waals surface area contributed by atoms with E-state index in [4.69, 9.17) is 0 Å². The molecule has 0 atom stereocenters. The number of anilines is 2. The van der Waals surface area contributed by atoms with Crippen molar-refractivity contribution in [2.45, 2.75) is 12.6 Å². The van der Waals surface area contributed by atoms with E-state index in [-0.39, 0.29) is 18.0 Å². The number of hydrogen-bond donors (Lipinski definition) is 3. The van der Waals surface area contributed by atoms with Crippen LogP contribution in [0.1, 0.15) is 11.1 Å². The molecular weight excluding hydrogens is 335 g/mol. The average Bonchev–Trinajstić information content (AvgIpc) is 2.56. The van der Waals surface area contributed by atoms with Gasteiger partial charge in [0.2, 0.25) is 5.91 Å². The highest BCUT2D eigenvalue weighted by molar-refractivity contribution is 5.93. The van der Waals surface area contributed by atoms with E-state index in [1.165, 1.54) is 19.2 Å². The van der Waals surface area contributed by atoms with E-state index in [2.05, 4.69) is 16.0 Å². The normalized spacial score (nSPS) is 10.9. The van der Waals surface area contributed by atoms with Crippen molar-refractivity contribution in [3.8, 4) is 0 Å². The van der Waals surface area contributed by atoms with Gasteiger partial charge in [-0.2, -0.15) is 13.2 Å². The summed E-state index contributed by atoms with van der Waals surface area (Å²) in [6.07, 6.45) is -4.62. The molecule has 0 saturated heterocycles. The van der Waals surface area contributed by atoms with Gasteiger partial charge in [0, 0.05) is 18.4 Å². The van der Waals surface area contributed by atoms with Crippen molar-refractivity contribution in [1.29, 1.82) is 0 Å². The van der Waals surface area contributed by atoms with Crippen molar-refractivity contribution >= 4 is 23.3 Å². The summed E-state index contributed by atoms with van der Waals surface area (Å²) in [4.78, 5) is 23.2. The average molecular weight is 351 g/mol. The molecule has 5 nitrogen and oxygen atoms in total. The first-order valence-corrected chi connectivity index (χ1v) is 7.33. The van der Waals surface area contributed by atoms with Gasteiger partial charge in [-0.1, -0.05) is 18.2 Å². The zero-order valence-electron chi connectivity index (χ0n) is 13.3. The van der Waals surface area contributed by atoms with Crippen LogP contribution in [-0.2, 0) is 17.4 Å². The first-order valence-electron chi connectivity index (χ1n) is 7.33. The molecule has 0 aliphatic heterocycles. The standard InChI is InChI=1S/C17H16F3N3O2/c1-21-16(25)23-14-7-5-13(6-8-14)22-15(24)10-11-3-2-4-12(9-11)17(18,19)20/h2-9H,10H2,1H3,(H,22,24)(H2,21,23,25). The Morgan fingerprint density at radius 3 is 2.12 bits per heavy atom. The van der Waals surface area contributed by atoms with Gasteiger partial charge in [-0.15, -0.1) is 0 Å². The number of carbonyl (C=O) groups is 2. The van der Waals surface area contributed by atoms with Crippen LogP contribution in [0, 0.1) is 0 Å². The molecule has 0 fully saturated rings. The lowest BCUT2D eigenvalue weighted by Crippen LogP contribution is -2.24. The molecule has 132 valence electrons. The van der Waals surface area contributed by atoms with Crippen molar-refractivity contribution in [1.82, 2.24) is 5.32 Å². The number of halogens is 3. The van der Waals surface area contributed by atoms with Crippen molar-refractivity contribution in [3.63, 3.8) is 0 Å². The second-order valence-corrected chi connectivity index (χ2v) is 5.20. The van der Waals surface area contributed by atoms with Gasteiger partial charge in [-0.3, -0.25) is 4.79 Å². The minimum atomic E-state index is -4.44. The summed E-state index contributed by atoms with van der Waals surface area (Å²) in [5, 5.41) is 7.56. The summed E-state index contributed by atoms with van der Waals surface area (Å²) >= 11 is 0. The maximum Gasteiger partial charge on any atom is 0.416 e. The second-order valence-electron chi connectivity index (χ2n) is 5.20. The molecule has 0 unspecified atom stereocenters. The number of urea groups is 1. The van der Waals surface area contributed by atoms with Crippen LogP contribution >= 0.6 is 0 Å². The van der Waals surface area contributed by atoms with Crippen molar-refractivity contribution < 1.29 is 22.8 Å². The van der Waals surface area contributed by atoms with Crippen LogP contribution in [0.3, 0.4) is 0 Å². The van der Waals surface area contributed by atoms with Crippen molar-refractivity contribution in [2.24, 2.45) is 0 Å². The monoisotopic (exact) mass is 351 g/mol. The van der Waals surface area contributed by atoms with Crippen molar-refractivity contribution in [3.05, 3.63) is 59.7 Å². The van der Waals surface area contributed by atoms with Gasteiger partial charge in [-0.25, -0.2) is 4.79 Å². The summed E-state index contributed by atoms with van der Waals surface area (Å²) in [5.74, 6) is -0.439. The fraction of sp³-hybridized carbons (Fsp3) is 0.176. The molecule has 0 saturated carbocycles. The van der Waals surface area contributed by atoms with Crippen molar-refractivity contribution in [2.75, 3.05) is 17.7 Å². The maximum absolute atomic E-state index is 12.7. The van der Waals surface area contributed by atoms with Gasteiger partial charge in [0.05, 0.1) is 12.0 Å². The zero-order chi connectivity index (χ0) is 18.4. The Balaban J connectivity index is 1.97. The third kappa shape index (κ3) is 5.52. The highest BCUT2D eigenvalue weighted by atomic mass is 19.4. The quantitative estimate of drug-likeness (QED) is 0.787. The summed E-state index contributed by atoms with van der Waals surface area (Å²) < 4.78 is 38.0. The fourth-order valence-corrected chi connectivity index (χ4v) is 2.08. The lowest BCUT2D eigenvalue weighted by molar-refractivity contribution is -0.137. The van der Waals surface area contributed by atoms with E-state index in [0.717, 1.165) is 12.1 Å². The molecule has 2 aromatic carbocycles. The first kappa shape index (κ1) is 18.3. The number of amides is 3. The van der Waals surface area contributed by atoms with Crippen LogP contribution in [0.25, 0.3) is 0 Å². The Hall–Kier alpha value is -3.03. The Morgan fingerprint density at radius 2 is 1.56 bits per heavy atom. The van der Waals surface area contributed by atoms with E-state index in [1.807, 2.05) is 0 Å². The lowest BCUT2D eigenvalue weighted by atomic mass is 10.1. The molecule has 0 spiro atoms. The molecule has 3 amide bonds. The molecular formula is C17H16F3N3O2. The molecule has 0 radical (unpaired) electrons. The molecule has 2 aromatic rings. The van der Waals surface area contributed by atoms with Crippen LogP contribution in [0.4, 0.5) is 29.3 Å². The molecule has 0 heterocycles. The SMILES string of the molecule is CNC(=O)Nc1ccc(NC(=O)Cc2cccc(C(F)(F)F)c2)cc1. The summed E-state index contributed by atoms with van der Waals surface area (Å²) in [6, 6.07) is 10.6. The van der Waals surface area contributed by atoms with Crippen LogP contribution in [0.5, 0.6) is 0 Å². The number of benzene rings is 2. The summed E-state index contributed by atoms with van der Waals surface area (Å²) in [5.41, 5.74) is 0.488. The zero-order valence-corrected chi connectivity index (χ0v) is 13.3. The van der Waals surface area contributed by atoms with Crippen LogP contribution in [0.15, 0.2) is 48.5 Å². The largest absolute Gasteiger partial charge is 0.416 e. The highest BCUT2D eigenvalue weighted by Crippen LogP contribution is 2.29. The van der Waals surface area contributed by atoms with Crippen LogP contribution in [-0.4, -0.2) is 19.0 Å². The molecule has 0 bridgehead atoms. The third-order valence-electron chi connectivity index (χ3n) is 3.27. The topological polar surface area (TPSA) is 70.2 Å². The molecule has 25 heavy (non-hydrogen) atoms. The lowest BCUT2D eigenvalue weighted by Gasteiger charge is -2.10. The predicted octanol–water partition coefficient (Wildman–Crippen LogP) is 3.64. The van der Waals surface area contributed by atoms with Gasteiger partial charge in [0.1, 0.15) is 0 Å². The Morgan fingerprint density at radius 1 is 0.960 bits per heavy atom. The third-order valence-corrected chi connectivity index (χ3v) is 3.27. The van der Waals surface area contributed by atoms with Gasteiger partial charge in [-0.05, 0) is 35.9 Å². The smallest absolute Gasteiger partial charge is 0.341 e. The molecule has 0 aliphatic rings. The number of carbonyl (C=O) groups excluding carboxylic acids is 2. The van der Waals surface area contributed by atoms with E-state index in [9.17, 15) is 22.8 Å². The number of hydrogen-bond acceptors (Lipinski definition) is 2. The molecule has 0 aliphatic carbocycles. The molecule has 2 rings (SSSR count). The van der Waals surface area contributed by atoms with E-state index < -0.39 is 17.6 Å². The van der Waals surface area contributed by atoms with E-state index in [1.54, 1.807) is 24.3 Å². The Labute approximate surface area is 142 Å². The molecule has 8 heteroatoms. The first-order chi connectivity index (χ1) is 11.8. The van der Waals surface area contributed by atoms with E-state index in [0.29, 0.717) is 11.4 Å².